The Balaban J connectivity index is 3.04. The van der Waals surface area contributed by atoms with Crippen LogP contribution in [0.1, 0.15) is 0 Å². The summed E-state index contributed by atoms with van der Waals surface area (Å²) < 4.78 is 1.86. The molecule has 3 nitrogen and oxygen atoms in total. The molecule has 0 spiro atoms. The van der Waals surface area contributed by atoms with E-state index < -0.39 is 0 Å². The second kappa shape index (κ2) is 1.26. The van der Waals surface area contributed by atoms with Crippen molar-refractivity contribution < 1.29 is 4.57 Å². The first-order valence-corrected chi connectivity index (χ1v) is 2.08. The Bertz CT molecular complexity index is 139. The number of aromatic nitrogens is 2. The van der Waals surface area contributed by atoms with Gasteiger partial charge in [0.05, 0.1) is 7.05 Å². The highest BCUT2D eigenvalue weighted by molar-refractivity contribution is 5.17. The van der Waals surface area contributed by atoms with Crippen molar-refractivity contribution in [1.29, 1.82) is 0 Å². The van der Waals surface area contributed by atoms with Gasteiger partial charge in [-0.05, 0) is 0 Å². The molecule has 0 saturated carbocycles. The SMILES string of the molecule is C[n+]1c[nH]c(N)c1. The van der Waals surface area contributed by atoms with Crippen molar-refractivity contribution in [2.24, 2.45) is 7.05 Å². The predicted octanol–water partition coefficient (Wildman–Crippen LogP) is -0.579. The molecule has 7 heavy (non-hydrogen) atoms. The molecular weight excluding hydrogens is 90.1 g/mol. The zero-order valence-corrected chi connectivity index (χ0v) is 4.18. The summed E-state index contributed by atoms with van der Waals surface area (Å²) in [4.78, 5) is 2.81. The molecule has 1 heterocycles. The molecule has 0 aliphatic heterocycles. The maximum atomic E-state index is 5.30. The van der Waals surface area contributed by atoms with E-state index in [1.165, 1.54) is 0 Å². The molecule has 1 rings (SSSR count). The van der Waals surface area contributed by atoms with Gasteiger partial charge >= 0.3 is 0 Å². The van der Waals surface area contributed by atoms with E-state index in [4.69, 9.17) is 5.73 Å². The van der Waals surface area contributed by atoms with Gasteiger partial charge in [0.15, 0.2) is 6.20 Å². The summed E-state index contributed by atoms with van der Waals surface area (Å²) in [5.41, 5.74) is 5.30. The van der Waals surface area contributed by atoms with Crippen LogP contribution in [0.3, 0.4) is 0 Å². The number of hydrogen-bond acceptors (Lipinski definition) is 1. The molecule has 0 atom stereocenters. The largest absolute Gasteiger partial charge is 0.363 e. The van der Waals surface area contributed by atoms with E-state index >= 15 is 0 Å². The summed E-state index contributed by atoms with van der Waals surface area (Å²) in [7, 11) is 1.91. The van der Waals surface area contributed by atoms with Crippen molar-refractivity contribution in [3.8, 4) is 0 Å². The molecule has 0 unspecified atom stereocenters. The molecule has 0 aliphatic carbocycles. The van der Waals surface area contributed by atoms with E-state index in [2.05, 4.69) is 4.98 Å². The number of nitrogens with one attached hydrogen (secondary N) is 1. The molecule has 1 aromatic rings. The van der Waals surface area contributed by atoms with Gasteiger partial charge in [-0.2, -0.15) is 0 Å². The molecule has 3 heteroatoms. The first kappa shape index (κ1) is 4.18. The maximum absolute atomic E-state index is 5.30. The molecule has 1 aromatic heterocycles. The quantitative estimate of drug-likeness (QED) is 0.419. The zero-order chi connectivity index (χ0) is 5.28. The first-order valence-electron chi connectivity index (χ1n) is 2.08. The molecule has 0 amide bonds. The normalized spacial score (nSPS) is 9.29. The Morgan fingerprint density at radius 2 is 2.57 bits per heavy atom. The minimum Gasteiger partial charge on any atom is -0.363 e. The fourth-order valence-corrected chi connectivity index (χ4v) is 0.470. The molecule has 0 bridgehead atoms. The van der Waals surface area contributed by atoms with Crippen LogP contribution in [0.25, 0.3) is 0 Å². The molecule has 0 fully saturated rings. The number of nitrogens with zero attached hydrogens (tertiary/aromatic N) is 1. The second-order valence-electron chi connectivity index (χ2n) is 1.52. The van der Waals surface area contributed by atoms with Crippen molar-refractivity contribution in [3.63, 3.8) is 0 Å². The Kier molecular flexibility index (Phi) is 0.749. The summed E-state index contributed by atoms with van der Waals surface area (Å²) in [6.07, 6.45) is 3.59. The van der Waals surface area contributed by atoms with Gasteiger partial charge in [0.1, 0.15) is 0 Å². The van der Waals surface area contributed by atoms with Crippen LogP contribution in [0.15, 0.2) is 12.5 Å². The van der Waals surface area contributed by atoms with Crippen molar-refractivity contribution in [3.05, 3.63) is 12.5 Å². The number of imidazole rings is 1. The highest BCUT2D eigenvalue weighted by atomic mass is 15.0. The third kappa shape index (κ3) is 0.707. The molecule has 38 valence electrons. The number of anilines is 1. The lowest BCUT2D eigenvalue weighted by molar-refractivity contribution is -0.669. The Morgan fingerprint density at radius 3 is 2.71 bits per heavy atom. The number of aryl methyl sites for hydroxylation is 1. The molecule has 0 radical (unpaired) electrons. The highest BCUT2D eigenvalue weighted by Gasteiger charge is 1.90. The highest BCUT2D eigenvalue weighted by Crippen LogP contribution is 1.82. The fourth-order valence-electron chi connectivity index (χ4n) is 0.470. The van der Waals surface area contributed by atoms with Gasteiger partial charge in [0.25, 0.3) is 0 Å². The Hall–Kier alpha value is -0.990. The number of H-pyrrole nitrogens is 1. The monoisotopic (exact) mass is 98.1 g/mol. The molecule has 0 saturated heterocycles. The average Bonchev–Trinajstić information content (AvgIpc) is 1.87. The summed E-state index contributed by atoms with van der Waals surface area (Å²) in [6.45, 7) is 0. The van der Waals surface area contributed by atoms with E-state index in [0.29, 0.717) is 5.82 Å². The van der Waals surface area contributed by atoms with Crippen LogP contribution in [0.4, 0.5) is 5.82 Å². The van der Waals surface area contributed by atoms with Gasteiger partial charge in [0, 0.05) is 0 Å². The van der Waals surface area contributed by atoms with Crippen molar-refractivity contribution in [2.45, 2.75) is 0 Å². The van der Waals surface area contributed by atoms with Gasteiger partial charge in [-0.25, -0.2) is 9.55 Å². The van der Waals surface area contributed by atoms with Crippen LogP contribution in [-0.2, 0) is 7.05 Å². The van der Waals surface area contributed by atoms with E-state index in [-0.39, 0.29) is 0 Å². The molecule has 3 N–H and O–H groups in total. The van der Waals surface area contributed by atoms with Crippen LogP contribution in [0.5, 0.6) is 0 Å². The van der Waals surface area contributed by atoms with Crippen molar-refractivity contribution in [1.82, 2.24) is 4.98 Å². The number of nitrogens with two attached hydrogens (primary N) is 1. The summed E-state index contributed by atoms with van der Waals surface area (Å²) >= 11 is 0. The maximum Gasteiger partial charge on any atom is 0.242 e. The molecular formula is C4H8N3+. The minimum absolute atomic E-state index is 0.697. The van der Waals surface area contributed by atoms with Gasteiger partial charge in [0.2, 0.25) is 12.1 Å². The lowest BCUT2D eigenvalue weighted by Gasteiger charge is -1.68. The summed E-state index contributed by atoms with van der Waals surface area (Å²) in [5.74, 6) is 0.697. The predicted molar refractivity (Wildman–Crippen MR) is 26.4 cm³/mol. The van der Waals surface area contributed by atoms with Crippen LogP contribution in [-0.4, -0.2) is 4.98 Å². The van der Waals surface area contributed by atoms with Crippen LogP contribution in [0.2, 0.25) is 0 Å². The standard InChI is InChI=1S/C4H7N3/c1-7-2-4(5)6-3-7/h2-3H,5H2,1H3/p+1. The Morgan fingerprint density at radius 1 is 1.86 bits per heavy atom. The third-order valence-electron chi connectivity index (χ3n) is 0.778. The third-order valence-corrected chi connectivity index (χ3v) is 0.778. The lowest BCUT2D eigenvalue weighted by atomic mass is 10.8. The number of rotatable bonds is 0. The van der Waals surface area contributed by atoms with Gasteiger partial charge in [-0.15, -0.1) is 0 Å². The average molecular weight is 98.1 g/mol. The fraction of sp³-hybridized carbons (Fsp3) is 0.250. The minimum atomic E-state index is 0.697. The molecule has 0 aliphatic rings. The van der Waals surface area contributed by atoms with Crippen molar-refractivity contribution >= 4 is 5.82 Å². The summed E-state index contributed by atoms with van der Waals surface area (Å²) in [5, 5.41) is 0. The van der Waals surface area contributed by atoms with Gasteiger partial charge < -0.3 is 5.73 Å². The van der Waals surface area contributed by atoms with Crippen LogP contribution in [0, 0.1) is 0 Å². The van der Waals surface area contributed by atoms with Gasteiger partial charge in [-0.1, -0.05) is 0 Å². The Labute approximate surface area is 41.8 Å². The number of hydrogen-bond donors (Lipinski definition) is 2. The van der Waals surface area contributed by atoms with Crippen LogP contribution < -0.4 is 10.3 Å². The summed E-state index contributed by atoms with van der Waals surface area (Å²) in [6, 6.07) is 0. The number of aromatic amines is 1. The van der Waals surface area contributed by atoms with E-state index in [1.54, 1.807) is 12.5 Å². The molecule has 0 aromatic carbocycles. The lowest BCUT2D eigenvalue weighted by Crippen LogP contribution is -2.22. The number of nitrogen functional groups attached to an aromatic ring is 1. The van der Waals surface area contributed by atoms with Gasteiger partial charge in [-0.3, -0.25) is 0 Å². The second-order valence-corrected chi connectivity index (χ2v) is 1.52. The first-order chi connectivity index (χ1) is 3.29. The van der Waals surface area contributed by atoms with Crippen molar-refractivity contribution in [2.75, 3.05) is 5.73 Å². The smallest absolute Gasteiger partial charge is 0.242 e. The van der Waals surface area contributed by atoms with E-state index in [1.807, 2.05) is 11.6 Å². The van der Waals surface area contributed by atoms with Crippen LogP contribution >= 0.6 is 0 Å². The zero-order valence-electron chi connectivity index (χ0n) is 4.18. The topological polar surface area (TPSA) is 45.7 Å². The van der Waals surface area contributed by atoms with E-state index in [0.717, 1.165) is 0 Å². The van der Waals surface area contributed by atoms with E-state index in [9.17, 15) is 0 Å².